The Hall–Kier alpha value is -2.59. The van der Waals surface area contributed by atoms with Crippen LogP contribution in [0, 0.1) is 13.8 Å². The van der Waals surface area contributed by atoms with Crippen molar-refractivity contribution < 1.29 is 14.3 Å². The number of nitrogens with zero attached hydrogens (tertiary/aromatic N) is 1. The van der Waals surface area contributed by atoms with E-state index in [2.05, 4.69) is 0 Å². The van der Waals surface area contributed by atoms with Crippen LogP contribution >= 0.6 is 0 Å². The largest absolute Gasteiger partial charge is 0.451 e. The van der Waals surface area contributed by atoms with Crippen molar-refractivity contribution in [1.29, 1.82) is 0 Å². The van der Waals surface area contributed by atoms with Gasteiger partial charge in [-0.3, -0.25) is 4.79 Å². The summed E-state index contributed by atoms with van der Waals surface area (Å²) in [5.74, 6) is 0.212. The summed E-state index contributed by atoms with van der Waals surface area (Å²) < 4.78 is 5.77. The van der Waals surface area contributed by atoms with Gasteiger partial charge < -0.3 is 14.4 Å². The fourth-order valence-corrected chi connectivity index (χ4v) is 2.97. The Bertz CT molecular complexity index is 883. The van der Waals surface area contributed by atoms with E-state index in [0.29, 0.717) is 18.7 Å². The van der Waals surface area contributed by atoms with E-state index in [0.717, 1.165) is 27.7 Å². The van der Waals surface area contributed by atoms with E-state index >= 15 is 0 Å². The summed E-state index contributed by atoms with van der Waals surface area (Å²) in [6.45, 7) is 4.38. The summed E-state index contributed by atoms with van der Waals surface area (Å²) in [4.78, 5) is 14.3. The Morgan fingerprint density at radius 3 is 2.60 bits per heavy atom. The topological polar surface area (TPSA) is 53.7 Å². The molecule has 0 spiro atoms. The van der Waals surface area contributed by atoms with E-state index in [1.54, 1.807) is 11.9 Å². The van der Waals surface area contributed by atoms with Crippen molar-refractivity contribution in [2.45, 2.75) is 26.4 Å². The quantitative estimate of drug-likeness (QED) is 0.757. The van der Waals surface area contributed by atoms with Gasteiger partial charge in [-0.25, -0.2) is 0 Å². The lowest BCUT2D eigenvalue weighted by atomic mass is 10.1. The third kappa shape index (κ3) is 3.59. The molecule has 0 fully saturated rings. The fourth-order valence-electron chi connectivity index (χ4n) is 2.97. The second-order valence-corrected chi connectivity index (χ2v) is 6.50. The normalized spacial score (nSPS) is 12.3. The minimum atomic E-state index is -0.587. The third-order valence-corrected chi connectivity index (χ3v) is 4.55. The maximum absolute atomic E-state index is 12.7. The average Bonchev–Trinajstić information content (AvgIpc) is 2.95. The van der Waals surface area contributed by atoms with Gasteiger partial charge in [0.2, 0.25) is 0 Å². The number of aliphatic hydroxyl groups is 1. The molecule has 0 aliphatic heterocycles. The molecule has 1 heterocycles. The maximum atomic E-state index is 12.7. The molecule has 3 aromatic rings. The summed E-state index contributed by atoms with van der Waals surface area (Å²) in [5, 5.41) is 11.2. The van der Waals surface area contributed by atoms with Gasteiger partial charge >= 0.3 is 0 Å². The van der Waals surface area contributed by atoms with Gasteiger partial charge in [0.1, 0.15) is 5.58 Å². The average molecular weight is 337 g/mol. The van der Waals surface area contributed by atoms with Crippen LogP contribution < -0.4 is 0 Å². The molecule has 130 valence electrons. The standard InChI is InChI=1S/C21H23NO3/c1-14-9-10-19-17(13-14)15(2)20(25-19)21(24)22(3)12-11-18(23)16-7-5-4-6-8-16/h4-10,13,18,23H,11-12H2,1-3H3/t18-/m1/s1. The minimum Gasteiger partial charge on any atom is -0.451 e. The van der Waals surface area contributed by atoms with Gasteiger partial charge in [0, 0.05) is 24.5 Å². The molecule has 0 saturated heterocycles. The molecule has 0 aliphatic carbocycles. The van der Waals surface area contributed by atoms with Gasteiger partial charge in [-0.1, -0.05) is 42.0 Å². The summed E-state index contributed by atoms with van der Waals surface area (Å²) in [6.07, 6.45) is -0.110. The number of carbonyl (C=O) groups excluding carboxylic acids is 1. The lowest BCUT2D eigenvalue weighted by Gasteiger charge is -2.18. The Balaban J connectivity index is 1.71. The number of hydrogen-bond donors (Lipinski definition) is 1. The number of rotatable bonds is 5. The van der Waals surface area contributed by atoms with Crippen LogP contribution in [0.3, 0.4) is 0 Å². The zero-order chi connectivity index (χ0) is 18.0. The van der Waals surface area contributed by atoms with Crippen LogP contribution in [-0.4, -0.2) is 29.5 Å². The molecular weight excluding hydrogens is 314 g/mol. The summed E-state index contributed by atoms with van der Waals surface area (Å²) in [7, 11) is 1.73. The second kappa shape index (κ2) is 7.11. The number of fused-ring (bicyclic) bond motifs is 1. The predicted octanol–water partition coefficient (Wildman–Crippen LogP) is 4.25. The maximum Gasteiger partial charge on any atom is 0.289 e. The van der Waals surface area contributed by atoms with Crippen LogP contribution in [-0.2, 0) is 0 Å². The van der Waals surface area contributed by atoms with Crippen LogP contribution in [0.2, 0.25) is 0 Å². The molecule has 1 amide bonds. The molecule has 25 heavy (non-hydrogen) atoms. The molecule has 1 N–H and O–H groups in total. The number of carbonyl (C=O) groups is 1. The Kier molecular flexibility index (Phi) is 4.91. The van der Waals surface area contributed by atoms with Crippen LogP contribution in [0.5, 0.6) is 0 Å². The molecule has 3 rings (SSSR count). The number of aryl methyl sites for hydroxylation is 2. The molecule has 0 bridgehead atoms. The molecule has 0 saturated carbocycles. The minimum absolute atomic E-state index is 0.161. The van der Waals surface area contributed by atoms with Crippen molar-refractivity contribution in [2.24, 2.45) is 0 Å². The summed E-state index contributed by atoms with van der Waals surface area (Å²) >= 11 is 0. The Labute approximate surface area is 147 Å². The van der Waals surface area contributed by atoms with Crippen molar-refractivity contribution in [3.8, 4) is 0 Å². The van der Waals surface area contributed by atoms with Gasteiger partial charge in [0.15, 0.2) is 5.76 Å². The first kappa shape index (κ1) is 17.2. The molecule has 1 atom stereocenters. The molecule has 4 nitrogen and oxygen atoms in total. The van der Waals surface area contributed by atoms with Crippen molar-refractivity contribution in [1.82, 2.24) is 4.90 Å². The van der Waals surface area contributed by atoms with Crippen LogP contribution in [0.1, 0.15) is 39.8 Å². The van der Waals surface area contributed by atoms with Crippen LogP contribution in [0.15, 0.2) is 52.9 Å². The van der Waals surface area contributed by atoms with Gasteiger partial charge in [-0.05, 0) is 38.0 Å². The first-order chi connectivity index (χ1) is 12.0. The molecular formula is C21H23NO3. The first-order valence-electron chi connectivity index (χ1n) is 8.45. The first-order valence-corrected chi connectivity index (χ1v) is 8.45. The zero-order valence-electron chi connectivity index (χ0n) is 14.8. The molecule has 0 aliphatic rings. The van der Waals surface area contributed by atoms with E-state index in [1.165, 1.54) is 0 Å². The van der Waals surface area contributed by atoms with Gasteiger partial charge in [0.05, 0.1) is 6.10 Å². The summed E-state index contributed by atoms with van der Waals surface area (Å²) in [5.41, 5.74) is 3.58. The van der Waals surface area contributed by atoms with Crippen LogP contribution in [0.25, 0.3) is 11.0 Å². The second-order valence-electron chi connectivity index (χ2n) is 6.50. The molecule has 0 unspecified atom stereocenters. The van der Waals surface area contributed by atoms with Crippen molar-refractivity contribution in [2.75, 3.05) is 13.6 Å². The summed E-state index contributed by atoms with van der Waals surface area (Å²) in [6, 6.07) is 15.4. The van der Waals surface area contributed by atoms with E-state index < -0.39 is 6.10 Å². The molecule has 1 aromatic heterocycles. The lowest BCUT2D eigenvalue weighted by Crippen LogP contribution is -2.28. The highest BCUT2D eigenvalue weighted by molar-refractivity contribution is 5.98. The van der Waals surface area contributed by atoms with Crippen molar-refractivity contribution in [3.05, 3.63) is 71.0 Å². The van der Waals surface area contributed by atoms with Gasteiger partial charge in [-0.2, -0.15) is 0 Å². The molecule has 4 heteroatoms. The lowest BCUT2D eigenvalue weighted by molar-refractivity contribution is 0.0731. The van der Waals surface area contributed by atoms with Gasteiger partial charge in [-0.15, -0.1) is 0 Å². The highest BCUT2D eigenvalue weighted by Gasteiger charge is 2.21. The Morgan fingerprint density at radius 1 is 1.16 bits per heavy atom. The number of benzene rings is 2. The number of hydrogen-bond acceptors (Lipinski definition) is 3. The van der Waals surface area contributed by atoms with E-state index in [9.17, 15) is 9.90 Å². The number of furan rings is 1. The van der Waals surface area contributed by atoms with E-state index in [1.807, 2.05) is 62.4 Å². The zero-order valence-corrected chi connectivity index (χ0v) is 14.8. The van der Waals surface area contributed by atoms with Gasteiger partial charge in [0.25, 0.3) is 5.91 Å². The number of aliphatic hydroxyl groups excluding tert-OH is 1. The third-order valence-electron chi connectivity index (χ3n) is 4.55. The van der Waals surface area contributed by atoms with E-state index in [-0.39, 0.29) is 5.91 Å². The van der Waals surface area contributed by atoms with Crippen molar-refractivity contribution in [3.63, 3.8) is 0 Å². The smallest absolute Gasteiger partial charge is 0.289 e. The van der Waals surface area contributed by atoms with Crippen LogP contribution in [0.4, 0.5) is 0 Å². The highest BCUT2D eigenvalue weighted by Crippen LogP contribution is 2.27. The predicted molar refractivity (Wildman–Crippen MR) is 98.7 cm³/mol. The van der Waals surface area contributed by atoms with Crippen molar-refractivity contribution >= 4 is 16.9 Å². The van der Waals surface area contributed by atoms with E-state index in [4.69, 9.17) is 4.42 Å². The number of amides is 1. The highest BCUT2D eigenvalue weighted by atomic mass is 16.3. The molecule has 0 radical (unpaired) electrons. The molecule has 2 aromatic carbocycles. The Morgan fingerprint density at radius 2 is 1.88 bits per heavy atom. The fraction of sp³-hybridized carbons (Fsp3) is 0.286. The SMILES string of the molecule is Cc1ccc2oc(C(=O)N(C)CC[C@@H](O)c3ccccc3)c(C)c2c1. The monoisotopic (exact) mass is 337 g/mol.